The van der Waals surface area contributed by atoms with Gasteiger partial charge in [0.1, 0.15) is 0 Å². The fraction of sp³-hybridized carbons (Fsp3) is 0.0625. The van der Waals surface area contributed by atoms with Crippen LogP contribution in [0.4, 0.5) is 5.69 Å². The minimum absolute atomic E-state index is 0.711. The van der Waals surface area contributed by atoms with Crippen LogP contribution in [0.15, 0.2) is 71.6 Å². The Bertz CT molecular complexity index is 675. The Morgan fingerprint density at radius 2 is 1.90 bits per heavy atom. The molecule has 3 rings (SSSR count). The van der Waals surface area contributed by atoms with Crippen molar-refractivity contribution in [1.29, 1.82) is 0 Å². The Balaban J connectivity index is 1.72. The molecule has 0 atom stereocenters. The van der Waals surface area contributed by atoms with Gasteiger partial charge in [-0.3, -0.25) is 4.98 Å². The van der Waals surface area contributed by atoms with E-state index in [-0.39, 0.29) is 0 Å². The summed E-state index contributed by atoms with van der Waals surface area (Å²) in [6.45, 7) is 0.711. The summed E-state index contributed by atoms with van der Waals surface area (Å²) >= 11 is 3.39. The van der Waals surface area contributed by atoms with Crippen molar-refractivity contribution in [2.75, 3.05) is 5.32 Å². The van der Waals surface area contributed by atoms with Gasteiger partial charge in [-0.25, -0.2) is 0 Å². The first-order valence-corrected chi connectivity index (χ1v) is 7.18. The van der Waals surface area contributed by atoms with Crippen molar-refractivity contribution in [3.05, 3.63) is 77.3 Å². The lowest BCUT2D eigenvalue weighted by atomic mass is 10.2. The number of benzene rings is 1. The number of rotatable bonds is 4. The van der Waals surface area contributed by atoms with Crippen LogP contribution in [0.25, 0.3) is 5.69 Å². The summed E-state index contributed by atoms with van der Waals surface area (Å²) in [6.07, 6.45) is 5.89. The number of hydrogen-bond donors (Lipinski definition) is 1. The quantitative estimate of drug-likeness (QED) is 0.776. The fourth-order valence-corrected chi connectivity index (χ4v) is 2.22. The van der Waals surface area contributed by atoms with Crippen LogP contribution < -0.4 is 5.32 Å². The highest BCUT2D eigenvalue weighted by Crippen LogP contribution is 2.16. The molecule has 0 amide bonds. The molecule has 0 fully saturated rings. The van der Waals surface area contributed by atoms with Crippen LogP contribution in [0.5, 0.6) is 0 Å². The normalized spacial score (nSPS) is 10.4. The van der Waals surface area contributed by atoms with Crippen LogP contribution in [0.2, 0.25) is 0 Å². The molecule has 0 saturated heterocycles. The number of halogens is 1. The zero-order valence-corrected chi connectivity index (χ0v) is 12.4. The van der Waals surface area contributed by atoms with Crippen molar-refractivity contribution < 1.29 is 0 Å². The van der Waals surface area contributed by atoms with Gasteiger partial charge in [-0.05, 0) is 58.4 Å². The van der Waals surface area contributed by atoms with E-state index in [1.54, 1.807) is 0 Å². The first-order chi connectivity index (χ1) is 9.81. The van der Waals surface area contributed by atoms with Crippen LogP contribution >= 0.6 is 15.9 Å². The molecule has 4 heteroatoms. The zero-order valence-electron chi connectivity index (χ0n) is 10.8. The highest BCUT2D eigenvalue weighted by Gasteiger charge is 1.99. The Labute approximate surface area is 126 Å². The van der Waals surface area contributed by atoms with Crippen LogP contribution in [0, 0.1) is 0 Å². The smallest absolute Gasteiger partial charge is 0.0595 e. The van der Waals surface area contributed by atoms with Crippen LogP contribution in [0.3, 0.4) is 0 Å². The van der Waals surface area contributed by atoms with E-state index in [1.165, 1.54) is 0 Å². The predicted octanol–water partition coefficient (Wildman–Crippen LogP) is 4.25. The molecule has 0 bridgehead atoms. The molecule has 0 unspecified atom stereocenters. The lowest BCUT2D eigenvalue weighted by Gasteiger charge is -2.09. The van der Waals surface area contributed by atoms with Gasteiger partial charge in [0, 0.05) is 34.4 Å². The average Bonchev–Trinajstić information content (AvgIpc) is 3.01. The summed E-state index contributed by atoms with van der Waals surface area (Å²) in [4.78, 5) is 4.35. The van der Waals surface area contributed by atoms with E-state index in [0.29, 0.717) is 6.54 Å². The molecule has 20 heavy (non-hydrogen) atoms. The van der Waals surface area contributed by atoms with Crippen molar-refractivity contribution in [3.8, 4) is 5.69 Å². The molecule has 0 aliphatic heterocycles. The molecule has 3 aromatic rings. The Kier molecular flexibility index (Phi) is 3.83. The predicted molar refractivity (Wildman–Crippen MR) is 85.0 cm³/mol. The summed E-state index contributed by atoms with van der Waals surface area (Å²) in [7, 11) is 0. The highest BCUT2D eigenvalue weighted by molar-refractivity contribution is 9.10. The summed E-state index contributed by atoms with van der Waals surface area (Å²) in [6, 6.07) is 16.4. The third-order valence-electron chi connectivity index (χ3n) is 3.01. The number of hydrogen-bond acceptors (Lipinski definition) is 2. The van der Waals surface area contributed by atoms with Gasteiger partial charge in [-0.1, -0.05) is 6.07 Å². The molecule has 2 heterocycles. The van der Waals surface area contributed by atoms with Gasteiger partial charge in [-0.2, -0.15) is 0 Å². The second kappa shape index (κ2) is 5.92. The minimum atomic E-state index is 0.711. The molecule has 0 aliphatic carbocycles. The fourth-order valence-electron chi connectivity index (χ4n) is 1.99. The summed E-state index contributed by atoms with van der Waals surface area (Å²) in [5.41, 5.74) is 3.24. The second-order valence-corrected chi connectivity index (χ2v) is 5.38. The van der Waals surface area contributed by atoms with Crippen LogP contribution in [-0.4, -0.2) is 9.55 Å². The van der Waals surface area contributed by atoms with Gasteiger partial charge in [0.2, 0.25) is 0 Å². The Morgan fingerprint density at radius 3 is 2.65 bits per heavy atom. The number of aromatic nitrogens is 2. The summed E-state index contributed by atoms with van der Waals surface area (Å²) in [5.74, 6) is 0. The van der Waals surface area contributed by atoms with E-state index in [0.717, 1.165) is 21.5 Å². The second-order valence-electron chi connectivity index (χ2n) is 4.46. The van der Waals surface area contributed by atoms with Gasteiger partial charge in [0.05, 0.1) is 12.2 Å². The number of pyridine rings is 1. The molecule has 1 aromatic carbocycles. The van der Waals surface area contributed by atoms with Crippen molar-refractivity contribution in [2.45, 2.75) is 6.54 Å². The van der Waals surface area contributed by atoms with E-state index < -0.39 is 0 Å². The lowest BCUT2D eigenvalue weighted by Crippen LogP contribution is -2.02. The van der Waals surface area contributed by atoms with Crippen LogP contribution in [-0.2, 0) is 6.54 Å². The van der Waals surface area contributed by atoms with Crippen molar-refractivity contribution in [3.63, 3.8) is 0 Å². The molecule has 0 saturated carbocycles. The molecular formula is C16H14BrN3. The number of nitrogens with one attached hydrogen (secondary N) is 1. The van der Waals surface area contributed by atoms with Crippen LogP contribution in [0.1, 0.15) is 5.69 Å². The van der Waals surface area contributed by atoms with Gasteiger partial charge in [0.15, 0.2) is 0 Å². The molecule has 0 spiro atoms. The SMILES string of the molecule is Brc1ccc(CNc2cccc(-n3cccc3)c2)nc1. The third kappa shape index (κ3) is 3.08. The first-order valence-electron chi connectivity index (χ1n) is 6.39. The van der Waals surface area contributed by atoms with Crippen molar-refractivity contribution in [1.82, 2.24) is 9.55 Å². The molecule has 2 aromatic heterocycles. The van der Waals surface area contributed by atoms with Gasteiger partial charge in [0.25, 0.3) is 0 Å². The maximum absolute atomic E-state index is 4.35. The minimum Gasteiger partial charge on any atom is -0.379 e. The average molecular weight is 328 g/mol. The van der Waals surface area contributed by atoms with E-state index in [2.05, 4.69) is 49.0 Å². The lowest BCUT2D eigenvalue weighted by molar-refractivity contribution is 1.04. The standard InChI is InChI=1S/C16H14BrN3/c17-13-6-7-15(18-11-13)12-19-14-4-3-5-16(10-14)20-8-1-2-9-20/h1-11,19H,12H2. The van der Waals surface area contributed by atoms with Crippen molar-refractivity contribution >= 4 is 21.6 Å². The zero-order chi connectivity index (χ0) is 13.8. The van der Waals surface area contributed by atoms with Gasteiger partial charge in [-0.15, -0.1) is 0 Å². The molecular weight excluding hydrogens is 314 g/mol. The molecule has 1 N–H and O–H groups in total. The Hall–Kier alpha value is -2.07. The van der Waals surface area contributed by atoms with Gasteiger partial charge < -0.3 is 9.88 Å². The molecule has 3 nitrogen and oxygen atoms in total. The molecule has 0 aliphatic rings. The summed E-state index contributed by atoms with van der Waals surface area (Å²) < 4.78 is 3.08. The van der Waals surface area contributed by atoms with E-state index in [9.17, 15) is 0 Å². The maximum atomic E-state index is 4.35. The third-order valence-corrected chi connectivity index (χ3v) is 3.48. The van der Waals surface area contributed by atoms with Gasteiger partial charge >= 0.3 is 0 Å². The van der Waals surface area contributed by atoms with E-state index in [4.69, 9.17) is 0 Å². The summed E-state index contributed by atoms with van der Waals surface area (Å²) in [5, 5.41) is 3.39. The Morgan fingerprint density at radius 1 is 1.05 bits per heavy atom. The maximum Gasteiger partial charge on any atom is 0.0595 e. The van der Waals surface area contributed by atoms with E-state index >= 15 is 0 Å². The number of anilines is 1. The highest BCUT2D eigenvalue weighted by atomic mass is 79.9. The molecule has 0 radical (unpaired) electrons. The largest absolute Gasteiger partial charge is 0.379 e. The molecule has 100 valence electrons. The monoisotopic (exact) mass is 327 g/mol. The topological polar surface area (TPSA) is 29.9 Å². The van der Waals surface area contributed by atoms with E-state index in [1.807, 2.05) is 48.9 Å². The number of nitrogens with zero attached hydrogens (tertiary/aromatic N) is 2. The van der Waals surface area contributed by atoms with Crippen molar-refractivity contribution in [2.24, 2.45) is 0 Å². The first kappa shape index (κ1) is 12.9.